The molecule has 0 aromatic carbocycles. The van der Waals surface area contributed by atoms with Gasteiger partial charge in [-0.1, -0.05) is 6.92 Å². The summed E-state index contributed by atoms with van der Waals surface area (Å²) in [7, 11) is 0. The minimum atomic E-state index is 0.795. The van der Waals surface area contributed by atoms with Gasteiger partial charge in [0.25, 0.3) is 0 Å². The van der Waals surface area contributed by atoms with Crippen molar-refractivity contribution in [3.05, 3.63) is 0 Å². The number of nitrogens with two attached hydrogens (primary N) is 1. The summed E-state index contributed by atoms with van der Waals surface area (Å²) in [6.07, 6.45) is 8.13. The summed E-state index contributed by atoms with van der Waals surface area (Å²) in [5, 5.41) is 0. The lowest BCUT2D eigenvalue weighted by atomic mass is 9.94. The Balaban J connectivity index is 1.76. The van der Waals surface area contributed by atoms with Crippen LogP contribution < -0.4 is 5.73 Å². The molecular formula is C15H31N3. The van der Waals surface area contributed by atoms with Crippen molar-refractivity contribution in [3.63, 3.8) is 0 Å². The highest BCUT2D eigenvalue weighted by Gasteiger charge is 2.26. The lowest BCUT2D eigenvalue weighted by Crippen LogP contribution is -2.43. The summed E-state index contributed by atoms with van der Waals surface area (Å²) >= 11 is 0. The van der Waals surface area contributed by atoms with Crippen molar-refractivity contribution in [1.82, 2.24) is 9.80 Å². The molecule has 3 heteroatoms. The van der Waals surface area contributed by atoms with Crippen molar-refractivity contribution >= 4 is 0 Å². The number of hydrogen-bond donors (Lipinski definition) is 1. The summed E-state index contributed by atoms with van der Waals surface area (Å²) in [6.45, 7) is 9.70. The quantitative estimate of drug-likeness (QED) is 0.831. The number of likely N-dealkylation sites (tertiary alicyclic amines) is 2. The van der Waals surface area contributed by atoms with Crippen LogP contribution in [-0.2, 0) is 0 Å². The zero-order chi connectivity index (χ0) is 12.8. The third-order valence-electron chi connectivity index (χ3n) is 4.83. The maximum Gasteiger partial charge on any atom is 0.0108 e. The van der Waals surface area contributed by atoms with E-state index in [9.17, 15) is 0 Å². The lowest BCUT2D eigenvalue weighted by molar-refractivity contribution is 0.123. The molecule has 3 nitrogen and oxygen atoms in total. The Labute approximate surface area is 113 Å². The summed E-state index contributed by atoms with van der Waals surface area (Å²) in [4.78, 5) is 5.41. The Hall–Kier alpha value is -0.120. The van der Waals surface area contributed by atoms with Gasteiger partial charge in [0, 0.05) is 6.04 Å². The molecule has 2 aliphatic rings. The van der Waals surface area contributed by atoms with Gasteiger partial charge in [-0.25, -0.2) is 0 Å². The van der Waals surface area contributed by atoms with Gasteiger partial charge in [-0.15, -0.1) is 0 Å². The van der Waals surface area contributed by atoms with Crippen molar-refractivity contribution < 1.29 is 0 Å². The van der Waals surface area contributed by atoms with Crippen LogP contribution in [0.4, 0.5) is 0 Å². The Kier molecular flexibility index (Phi) is 5.93. The third kappa shape index (κ3) is 3.94. The molecule has 2 fully saturated rings. The predicted molar refractivity (Wildman–Crippen MR) is 77.7 cm³/mol. The van der Waals surface area contributed by atoms with Crippen molar-refractivity contribution in [1.29, 1.82) is 0 Å². The Morgan fingerprint density at radius 2 is 1.78 bits per heavy atom. The summed E-state index contributed by atoms with van der Waals surface area (Å²) in [5.74, 6) is 0.795. The zero-order valence-electron chi connectivity index (χ0n) is 12.1. The van der Waals surface area contributed by atoms with Gasteiger partial charge in [0.2, 0.25) is 0 Å². The van der Waals surface area contributed by atoms with Crippen LogP contribution in [0.3, 0.4) is 0 Å². The minimum Gasteiger partial charge on any atom is -0.330 e. The normalized spacial score (nSPS) is 29.3. The SMILES string of the molecule is CCCN1CCCC(N2CCC(CN)CC2)CC1. The molecule has 0 amide bonds. The van der Waals surface area contributed by atoms with Gasteiger partial charge in [-0.3, -0.25) is 0 Å². The van der Waals surface area contributed by atoms with Gasteiger partial charge < -0.3 is 15.5 Å². The molecule has 2 rings (SSSR count). The molecule has 0 spiro atoms. The molecular weight excluding hydrogens is 222 g/mol. The standard InChI is InChI=1S/C15H31N3/c1-2-8-17-9-3-4-15(7-10-17)18-11-5-14(13-16)6-12-18/h14-15H,2-13,16H2,1H3. The first-order valence-electron chi connectivity index (χ1n) is 8.00. The summed E-state index contributed by atoms with van der Waals surface area (Å²) in [6, 6.07) is 0.852. The topological polar surface area (TPSA) is 32.5 Å². The summed E-state index contributed by atoms with van der Waals surface area (Å²) < 4.78 is 0. The van der Waals surface area contributed by atoms with E-state index in [1.165, 1.54) is 71.2 Å². The second-order valence-corrected chi connectivity index (χ2v) is 6.14. The van der Waals surface area contributed by atoms with Crippen LogP contribution in [-0.4, -0.2) is 55.1 Å². The molecule has 0 bridgehead atoms. The highest BCUT2D eigenvalue weighted by Crippen LogP contribution is 2.23. The third-order valence-corrected chi connectivity index (χ3v) is 4.83. The Morgan fingerprint density at radius 1 is 1.00 bits per heavy atom. The molecule has 2 heterocycles. The van der Waals surface area contributed by atoms with Gasteiger partial charge in [-0.05, 0) is 83.7 Å². The fourth-order valence-corrected chi connectivity index (χ4v) is 3.60. The first kappa shape index (κ1) is 14.3. The molecule has 106 valence electrons. The average Bonchev–Trinajstić information content (AvgIpc) is 2.65. The molecule has 0 saturated carbocycles. The number of hydrogen-bond acceptors (Lipinski definition) is 3. The van der Waals surface area contributed by atoms with E-state index in [0.29, 0.717) is 0 Å². The van der Waals surface area contributed by atoms with Crippen LogP contribution in [0.5, 0.6) is 0 Å². The molecule has 1 atom stereocenters. The van der Waals surface area contributed by atoms with E-state index in [1.807, 2.05) is 0 Å². The first-order valence-corrected chi connectivity index (χ1v) is 8.00. The van der Waals surface area contributed by atoms with E-state index < -0.39 is 0 Å². The van der Waals surface area contributed by atoms with Crippen LogP contribution in [0.15, 0.2) is 0 Å². The molecule has 2 saturated heterocycles. The largest absolute Gasteiger partial charge is 0.330 e. The molecule has 0 aliphatic carbocycles. The molecule has 0 aromatic heterocycles. The molecule has 1 unspecified atom stereocenters. The van der Waals surface area contributed by atoms with Crippen LogP contribution in [0.25, 0.3) is 0 Å². The van der Waals surface area contributed by atoms with Gasteiger partial charge in [0.05, 0.1) is 0 Å². The fraction of sp³-hybridized carbons (Fsp3) is 1.00. The second-order valence-electron chi connectivity index (χ2n) is 6.14. The maximum absolute atomic E-state index is 5.78. The first-order chi connectivity index (χ1) is 8.83. The second kappa shape index (κ2) is 7.46. The maximum atomic E-state index is 5.78. The molecule has 2 N–H and O–H groups in total. The van der Waals surface area contributed by atoms with Gasteiger partial charge in [0.15, 0.2) is 0 Å². The van der Waals surface area contributed by atoms with E-state index in [0.717, 1.165) is 18.5 Å². The molecule has 0 radical (unpaired) electrons. The van der Waals surface area contributed by atoms with Gasteiger partial charge in [0.1, 0.15) is 0 Å². The van der Waals surface area contributed by atoms with E-state index in [1.54, 1.807) is 0 Å². The van der Waals surface area contributed by atoms with Crippen molar-refractivity contribution in [3.8, 4) is 0 Å². The van der Waals surface area contributed by atoms with Gasteiger partial charge in [-0.2, -0.15) is 0 Å². The molecule has 0 aromatic rings. The monoisotopic (exact) mass is 253 g/mol. The fourth-order valence-electron chi connectivity index (χ4n) is 3.60. The smallest absolute Gasteiger partial charge is 0.0108 e. The summed E-state index contributed by atoms with van der Waals surface area (Å²) in [5.41, 5.74) is 5.78. The average molecular weight is 253 g/mol. The Bertz CT molecular complexity index is 224. The lowest BCUT2D eigenvalue weighted by Gasteiger charge is -2.37. The van der Waals surface area contributed by atoms with Crippen LogP contribution >= 0.6 is 0 Å². The van der Waals surface area contributed by atoms with E-state index in [4.69, 9.17) is 5.73 Å². The highest BCUT2D eigenvalue weighted by molar-refractivity contribution is 4.82. The number of rotatable bonds is 4. The highest BCUT2D eigenvalue weighted by atomic mass is 15.2. The number of piperidine rings is 1. The van der Waals surface area contributed by atoms with Crippen LogP contribution in [0, 0.1) is 5.92 Å². The molecule has 2 aliphatic heterocycles. The van der Waals surface area contributed by atoms with E-state index in [-0.39, 0.29) is 0 Å². The van der Waals surface area contributed by atoms with E-state index in [2.05, 4.69) is 16.7 Å². The zero-order valence-corrected chi connectivity index (χ0v) is 12.1. The minimum absolute atomic E-state index is 0.795. The van der Waals surface area contributed by atoms with Crippen LogP contribution in [0.1, 0.15) is 45.4 Å². The van der Waals surface area contributed by atoms with Crippen molar-refractivity contribution in [2.45, 2.75) is 51.5 Å². The van der Waals surface area contributed by atoms with E-state index >= 15 is 0 Å². The molecule has 18 heavy (non-hydrogen) atoms. The van der Waals surface area contributed by atoms with Crippen molar-refractivity contribution in [2.75, 3.05) is 39.3 Å². The predicted octanol–water partition coefficient (Wildman–Crippen LogP) is 1.92. The number of nitrogens with zero attached hydrogens (tertiary/aromatic N) is 2. The Morgan fingerprint density at radius 3 is 2.44 bits per heavy atom. The van der Waals surface area contributed by atoms with Crippen molar-refractivity contribution in [2.24, 2.45) is 11.7 Å². The van der Waals surface area contributed by atoms with Gasteiger partial charge >= 0.3 is 0 Å². The van der Waals surface area contributed by atoms with Crippen LogP contribution in [0.2, 0.25) is 0 Å².